The van der Waals surface area contributed by atoms with E-state index in [9.17, 15) is 9.90 Å². The molecule has 0 aliphatic carbocycles. The van der Waals surface area contributed by atoms with Crippen molar-refractivity contribution in [2.45, 2.75) is 35.6 Å². The number of benzene rings is 1. The minimum atomic E-state index is -1.71. The van der Waals surface area contributed by atoms with Crippen LogP contribution in [-0.4, -0.2) is 46.4 Å². The summed E-state index contributed by atoms with van der Waals surface area (Å²) in [5.74, 6) is -1.05. The third-order valence-electron chi connectivity index (χ3n) is 3.75. The number of alkyl halides is 3. The molecule has 26 heavy (non-hydrogen) atoms. The Morgan fingerprint density at radius 2 is 1.96 bits per heavy atom. The van der Waals surface area contributed by atoms with E-state index in [-0.39, 0.29) is 12.5 Å². The van der Waals surface area contributed by atoms with Crippen LogP contribution in [-0.2, 0) is 25.6 Å². The van der Waals surface area contributed by atoms with E-state index in [0.717, 1.165) is 5.56 Å². The lowest BCUT2D eigenvalue weighted by Crippen LogP contribution is -2.44. The van der Waals surface area contributed by atoms with Gasteiger partial charge in [-0.25, -0.2) is 4.79 Å². The van der Waals surface area contributed by atoms with Crippen molar-refractivity contribution >= 4 is 40.8 Å². The molecule has 1 aromatic carbocycles. The number of aliphatic hydroxyl groups excluding tert-OH is 1. The topological polar surface area (TPSA) is 65.0 Å². The number of halogens is 3. The first-order valence-electron chi connectivity index (χ1n) is 8.13. The largest absolute Gasteiger partial charge is 0.459 e. The number of carbonyl (C=O) groups excluding carboxylic acids is 1. The maximum absolute atomic E-state index is 12.4. The highest BCUT2D eigenvalue weighted by Crippen LogP contribution is 2.28. The minimum absolute atomic E-state index is 0.242. The zero-order valence-electron chi connectivity index (χ0n) is 14.2. The predicted octanol–water partition coefficient (Wildman–Crippen LogP) is 3.44. The Labute approximate surface area is 167 Å². The van der Waals surface area contributed by atoms with Crippen LogP contribution in [0.2, 0.25) is 0 Å². The summed E-state index contributed by atoms with van der Waals surface area (Å²) < 4.78 is 14.7. The highest BCUT2D eigenvalue weighted by Gasteiger charge is 2.37. The second-order valence-electron chi connectivity index (χ2n) is 6.03. The van der Waals surface area contributed by atoms with Crippen LogP contribution in [0, 0.1) is 5.92 Å². The van der Waals surface area contributed by atoms with Crippen LogP contribution < -0.4 is 0 Å². The number of aliphatic hydroxyl groups is 1. The van der Waals surface area contributed by atoms with Crippen LogP contribution >= 0.6 is 34.8 Å². The van der Waals surface area contributed by atoms with Crippen molar-refractivity contribution in [1.29, 1.82) is 0 Å². The van der Waals surface area contributed by atoms with Gasteiger partial charge in [0.1, 0.15) is 12.7 Å². The summed E-state index contributed by atoms with van der Waals surface area (Å²) in [6.07, 6.45) is 1.14. The highest BCUT2D eigenvalue weighted by molar-refractivity contribution is 6.67. The molecule has 8 heteroatoms. The second-order valence-corrected chi connectivity index (χ2v) is 8.55. The van der Waals surface area contributed by atoms with E-state index in [4.69, 9.17) is 49.0 Å². The van der Waals surface area contributed by atoms with Crippen LogP contribution in [0.1, 0.15) is 12.5 Å². The van der Waals surface area contributed by atoms with Gasteiger partial charge in [-0.3, -0.25) is 0 Å². The molecule has 0 unspecified atom stereocenters. The maximum Gasteiger partial charge on any atom is 0.336 e. The summed E-state index contributed by atoms with van der Waals surface area (Å²) in [6, 6.07) is 9.67. The fourth-order valence-corrected chi connectivity index (χ4v) is 2.60. The molecular formula is C18H21Cl3O5. The van der Waals surface area contributed by atoms with Gasteiger partial charge in [0.25, 0.3) is 0 Å². The Morgan fingerprint density at radius 1 is 1.27 bits per heavy atom. The van der Waals surface area contributed by atoms with E-state index in [1.807, 2.05) is 30.3 Å². The van der Waals surface area contributed by atoms with Gasteiger partial charge in [0.15, 0.2) is 6.10 Å². The molecule has 0 bridgehead atoms. The second kappa shape index (κ2) is 9.93. The fourth-order valence-electron chi connectivity index (χ4n) is 2.44. The van der Waals surface area contributed by atoms with Gasteiger partial charge in [-0.1, -0.05) is 77.3 Å². The molecule has 1 N–H and O–H groups in total. The molecule has 0 radical (unpaired) electrons. The number of rotatable bonds is 7. The van der Waals surface area contributed by atoms with Crippen LogP contribution in [0.15, 0.2) is 42.5 Å². The summed E-state index contributed by atoms with van der Waals surface area (Å²) in [6.45, 7) is 1.83. The fraction of sp³-hybridized carbons (Fsp3) is 0.500. The Hall–Kier alpha value is -0.820. The van der Waals surface area contributed by atoms with Gasteiger partial charge < -0.3 is 19.3 Å². The van der Waals surface area contributed by atoms with Crippen LogP contribution in [0.5, 0.6) is 0 Å². The zero-order valence-corrected chi connectivity index (χ0v) is 16.5. The number of hydrogen-bond donors (Lipinski definition) is 1. The highest BCUT2D eigenvalue weighted by atomic mass is 35.6. The standard InChI is InChI=1S/C18H21Cl3O5/c1-12(22)15-8-7-14(10-24-9-13-5-3-2-4-6-13)16(26-15)17(23)25-11-18(19,20)21/h2-8,12,14-16,22H,9-11H2,1H3/t12-,14-,15+,16-/m0/s1. The lowest BCUT2D eigenvalue weighted by molar-refractivity contribution is -0.169. The molecule has 2 rings (SSSR count). The molecule has 5 nitrogen and oxygen atoms in total. The molecule has 1 aliphatic rings. The summed E-state index contributed by atoms with van der Waals surface area (Å²) >= 11 is 16.9. The molecule has 0 spiro atoms. The Kier molecular flexibility index (Phi) is 8.20. The summed E-state index contributed by atoms with van der Waals surface area (Å²) in [5.41, 5.74) is 1.02. The zero-order chi connectivity index (χ0) is 19.2. The van der Waals surface area contributed by atoms with Crippen LogP contribution in [0.3, 0.4) is 0 Å². The average molecular weight is 424 g/mol. The number of ether oxygens (including phenoxy) is 3. The van der Waals surface area contributed by atoms with E-state index >= 15 is 0 Å². The molecule has 144 valence electrons. The van der Waals surface area contributed by atoms with Gasteiger partial charge in [0, 0.05) is 5.92 Å². The molecule has 0 saturated heterocycles. The SMILES string of the molecule is C[C@H](O)[C@H]1C=C[C@@H](COCc2ccccc2)[C@@H](C(=O)OCC(Cl)(Cl)Cl)O1. The predicted molar refractivity (Wildman–Crippen MR) is 100 cm³/mol. The number of hydrogen-bond acceptors (Lipinski definition) is 5. The van der Waals surface area contributed by atoms with Gasteiger partial charge in [-0.05, 0) is 12.5 Å². The van der Waals surface area contributed by atoms with Crippen LogP contribution in [0.25, 0.3) is 0 Å². The number of carbonyl (C=O) groups is 1. The third kappa shape index (κ3) is 7.06. The van der Waals surface area contributed by atoms with Crippen LogP contribution in [0.4, 0.5) is 0 Å². The first-order valence-corrected chi connectivity index (χ1v) is 9.26. The van der Waals surface area contributed by atoms with Crippen molar-refractivity contribution in [2.24, 2.45) is 5.92 Å². The molecule has 4 atom stereocenters. The van der Waals surface area contributed by atoms with E-state index < -0.39 is 34.7 Å². The first kappa shape index (κ1) is 21.5. The van der Waals surface area contributed by atoms with Crippen molar-refractivity contribution in [3.05, 3.63) is 48.0 Å². The van der Waals surface area contributed by atoms with Crippen molar-refractivity contribution in [3.8, 4) is 0 Å². The molecule has 0 fully saturated rings. The van der Waals surface area contributed by atoms with Crippen molar-refractivity contribution in [2.75, 3.05) is 13.2 Å². The molecule has 1 aromatic rings. The van der Waals surface area contributed by atoms with E-state index in [2.05, 4.69) is 0 Å². The summed E-state index contributed by atoms with van der Waals surface area (Å²) in [5, 5.41) is 9.72. The average Bonchev–Trinajstić information content (AvgIpc) is 2.60. The van der Waals surface area contributed by atoms with E-state index in [1.54, 1.807) is 19.1 Å². The lowest BCUT2D eigenvalue weighted by Gasteiger charge is -2.32. The van der Waals surface area contributed by atoms with E-state index in [0.29, 0.717) is 6.61 Å². The summed E-state index contributed by atoms with van der Waals surface area (Å²) in [4.78, 5) is 12.4. The Balaban J connectivity index is 1.97. The molecule has 0 amide bonds. The quantitative estimate of drug-likeness (QED) is 0.413. The van der Waals surface area contributed by atoms with Gasteiger partial charge in [-0.15, -0.1) is 0 Å². The van der Waals surface area contributed by atoms with Gasteiger partial charge >= 0.3 is 5.97 Å². The number of esters is 1. The van der Waals surface area contributed by atoms with Gasteiger partial charge in [-0.2, -0.15) is 0 Å². The monoisotopic (exact) mass is 422 g/mol. The molecular weight excluding hydrogens is 403 g/mol. The lowest BCUT2D eigenvalue weighted by atomic mass is 9.97. The van der Waals surface area contributed by atoms with Crippen molar-refractivity contribution in [1.82, 2.24) is 0 Å². The van der Waals surface area contributed by atoms with Gasteiger partial charge in [0.2, 0.25) is 3.79 Å². The smallest absolute Gasteiger partial charge is 0.336 e. The van der Waals surface area contributed by atoms with E-state index in [1.165, 1.54) is 0 Å². The van der Waals surface area contributed by atoms with Crippen molar-refractivity contribution in [3.63, 3.8) is 0 Å². The molecule has 1 aliphatic heterocycles. The maximum atomic E-state index is 12.4. The Bertz CT molecular complexity index is 601. The summed E-state index contributed by atoms with van der Waals surface area (Å²) in [7, 11) is 0. The normalized spacial score (nSPS) is 24.3. The molecule has 1 heterocycles. The Morgan fingerprint density at radius 3 is 2.58 bits per heavy atom. The third-order valence-corrected chi connectivity index (χ3v) is 4.08. The molecule has 0 saturated carbocycles. The van der Waals surface area contributed by atoms with Gasteiger partial charge in [0.05, 0.1) is 19.3 Å². The minimum Gasteiger partial charge on any atom is -0.459 e. The molecule has 0 aromatic heterocycles. The first-order chi connectivity index (χ1) is 12.3. The van der Waals surface area contributed by atoms with Crippen molar-refractivity contribution < 1.29 is 24.1 Å².